The molecule has 126 valence electrons. The van der Waals surface area contributed by atoms with Crippen LogP contribution in [0.25, 0.3) is 17.1 Å². The molecule has 24 heavy (non-hydrogen) atoms. The van der Waals surface area contributed by atoms with Crippen molar-refractivity contribution in [3.8, 4) is 28.6 Å². The molecule has 5 nitrogen and oxygen atoms in total. The molecule has 0 aliphatic heterocycles. The van der Waals surface area contributed by atoms with Gasteiger partial charge in [0.15, 0.2) is 5.82 Å². The van der Waals surface area contributed by atoms with E-state index in [2.05, 4.69) is 21.7 Å². The van der Waals surface area contributed by atoms with Crippen molar-refractivity contribution in [2.24, 2.45) is 0 Å². The Morgan fingerprint density at radius 3 is 1.88 bits per heavy atom. The Balaban J connectivity index is 0.00000208. The third kappa shape index (κ3) is 3.36. The molecule has 0 radical (unpaired) electrons. The highest BCUT2D eigenvalue weighted by molar-refractivity contribution is 5.85. The standard InChI is InChI=1S/C18H19N3O2.ClH/c1-4-17-19-20-18(13-5-9-15(22-2)10-6-13)21(17)14-7-11-16(23-3)12-8-14;/h5-12H,4H2,1-3H3;1H. The molecule has 3 rings (SSSR count). The van der Waals surface area contributed by atoms with Crippen LogP contribution in [0.3, 0.4) is 0 Å². The number of hydrogen-bond acceptors (Lipinski definition) is 4. The summed E-state index contributed by atoms with van der Waals surface area (Å²) in [6.45, 7) is 2.07. The summed E-state index contributed by atoms with van der Waals surface area (Å²) in [5.74, 6) is 3.38. The largest absolute Gasteiger partial charge is 0.497 e. The van der Waals surface area contributed by atoms with Crippen LogP contribution in [0.2, 0.25) is 0 Å². The first-order valence-electron chi connectivity index (χ1n) is 7.50. The average Bonchev–Trinajstić information content (AvgIpc) is 3.06. The highest BCUT2D eigenvalue weighted by Crippen LogP contribution is 2.26. The number of nitrogens with zero attached hydrogens (tertiary/aromatic N) is 3. The van der Waals surface area contributed by atoms with E-state index in [9.17, 15) is 0 Å². The molecule has 0 fully saturated rings. The zero-order chi connectivity index (χ0) is 16.2. The lowest BCUT2D eigenvalue weighted by Gasteiger charge is -2.11. The van der Waals surface area contributed by atoms with Gasteiger partial charge in [-0.3, -0.25) is 4.57 Å². The van der Waals surface area contributed by atoms with Crippen molar-refractivity contribution in [3.63, 3.8) is 0 Å². The minimum atomic E-state index is 0. The number of benzene rings is 2. The van der Waals surface area contributed by atoms with Crippen molar-refractivity contribution in [2.75, 3.05) is 14.2 Å². The molecule has 0 amide bonds. The molecular formula is C18H20ClN3O2. The van der Waals surface area contributed by atoms with Crippen LogP contribution < -0.4 is 9.47 Å². The van der Waals surface area contributed by atoms with Gasteiger partial charge in [0, 0.05) is 17.7 Å². The van der Waals surface area contributed by atoms with Gasteiger partial charge in [-0.2, -0.15) is 0 Å². The van der Waals surface area contributed by atoms with E-state index in [1.165, 1.54) is 0 Å². The second-order valence-corrected chi connectivity index (χ2v) is 5.06. The maximum absolute atomic E-state index is 5.23. The summed E-state index contributed by atoms with van der Waals surface area (Å²) in [7, 11) is 3.32. The molecule has 1 aromatic heterocycles. The fraction of sp³-hybridized carbons (Fsp3) is 0.222. The fourth-order valence-electron chi connectivity index (χ4n) is 2.48. The van der Waals surface area contributed by atoms with Gasteiger partial charge >= 0.3 is 0 Å². The van der Waals surface area contributed by atoms with E-state index < -0.39 is 0 Å². The number of aromatic nitrogens is 3. The third-order valence-corrected chi connectivity index (χ3v) is 3.73. The van der Waals surface area contributed by atoms with Crippen LogP contribution in [-0.2, 0) is 6.42 Å². The molecule has 0 aliphatic carbocycles. The number of methoxy groups -OCH3 is 2. The second kappa shape index (κ2) is 7.84. The lowest BCUT2D eigenvalue weighted by molar-refractivity contribution is 0.414. The van der Waals surface area contributed by atoms with Gasteiger partial charge < -0.3 is 9.47 Å². The van der Waals surface area contributed by atoms with Crippen molar-refractivity contribution in [2.45, 2.75) is 13.3 Å². The van der Waals surface area contributed by atoms with Gasteiger partial charge in [0.25, 0.3) is 0 Å². The summed E-state index contributed by atoms with van der Waals surface area (Å²) in [6, 6.07) is 15.7. The molecule has 0 spiro atoms. The monoisotopic (exact) mass is 345 g/mol. The molecule has 0 unspecified atom stereocenters. The maximum atomic E-state index is 5.23. The van der Waals surface area contributed by atoms with E-state index in [-0.39, 0.29) is 12.4 Å². The third-order valence-electron chi connectivity index (χ3n) is 3.73. The van der Waals surface area contributed by atoms with Crippen LogP contribution in [-0.4, -0.2) is 29.0 Å². The van der Waals surface area contributed by atoms with Gasteiger partial charge in [0.1, 0.15) is 17.3 Å². The van der Waals surface area contributed by atoms with Gasteiger partial charge in [-0.1, -0.05) is 6.92 Å². The average molecular weight is 346 g/mol. The summed E-state index contributed by atoms with van der Waals surface area (Å²) in [5.41, 5.74) is 2.01. The molecule has 0 bridgehead atoms. The van der Waals surface area contributed by atoms with Crippen molar-refractivity contribution in [1.82, 2.24) is 14.8 Å². The molecule has 6 heteroatoms. The zero-order valence-corrected chi connectivity index (χ0v) is 14.7. The minimum Gasteiger partial charge on any atom is -0.497 e. The number of hydrogen-bond donors (Lipinski definition) is 0. The highest BCUT2D eigenvalue weighted by Gasteiger charge is 2.14. The van der Waals surface area contributed by atoms with Gasteiger partial charge in [0.2, 0.25) is 0 Å². The van der Waals surface area contributed by atoms with Crippen LogP contribution in [0.1, 0.15) is 12.7 Å². The van der Waals surface area contributed by atoms with Crippen LogP contribution in [0, 0.1) is 0 Å². The molecule has 2 aromatic carbocycles. The Hall–Kier alpha value is -2.53. The minimum absolute atomic E-state index is 0. The zero-order valence-electron chi connectivity index (χ0n) is 13.9. The van der Waals surface area contributed by atoms with Crippen molar-refractivity contribution in [1.29, 1.82) is 0 Å². The predicted octanol–water partition coefficient (Wildman–Crippen LogP) is 3.94. The molecule has 3 aromatic rings. The summed E-state index contributed by atoms with van der Waals surface area (Å²) < 4.78 is 12.5. The van der Waals surface area contributed by atoms with Crippen molar-refractivity contribution < 1.29 is 9.47 Å². The van der Waals surface area contributed by atoms with Crippen LogP contribution in [0.5, 0.6) is 11.5 Å². The lowest BCUT2D eigenvalue weighted by atomic mass is 10.2. The van der Waals surface area contributed by atoms with E-state index >= 15 is 0 Å². The Kier molecular flexibility index (Phi) is 5.82. The predicted molar refractivity (Wildman–Crippen MR) is 96.5 cm³/mol. The lowest BCUT2D eigenvalue weighted by Crippen LogP contribution is -2.02. The van der Waals surface area contributed by atoms with Gasteiger partial charge in [-0.15, -0.1) is 22.6 Å². The molecule has 0 N–H and O–H groups in total. The first-order chi connectivity index (χ1) is 11.3. The summed E-state index contributed by atoms with van der Waals surface area (Å²) in [4.78, 5) is 0. The van der Waals surface area contributed by atoms with E-state index in [1.807, 2.05) is 48.5 Å². The quantitative estimate of drug-likeness (QED) is 0.703. The Bertz CT molecular complexity index is 783. The Labute approximate surface area is 147 Å². The highest BCUT2D eigenvalue weighted by atomic mass is 35.5. The van der Waals surface area contributed by atoms with Gasteiger partial charge in [-0.25, -0.2) is 0 Å². The summed E-state index contributed by atoms with van der Waals surface area (Å²) in [6.07, 6.45) is 0.801. The van der Waals surface area contributed by atoms with E-state index in [0.29, 0.717) is 0 Å². The molecular weight excluding hydrogens is 326 g/mol. The van der Waals surface area contributed by atoms with Gasteiger partial charge in [-0.05, 0) is 48.5 Å². The number of halogens is 1. The summed E-state index contributed by atoms with van der Waals surface area (Å²) >= 11 is 0. The Morgan fingerprint density at radius 1 is 0.833 bits per heavy atom. The molecule has 0 aliphatic rings. The SMILES string of the molecule is CCc1nnc(-c2ccc(OC)cc2)n1-c1ccc(OC)cc1.Cl. The van der Waals surface area contributed by atoms with Gasteiger partial charge in [0.05, 0.1) is 14.2 Å². The number of ether oxygens (including phenoxy) is 2. The molecule has 0 saturated heterocycles. The van der Waals surface area contributed by atoms with E-state index in [4.69, 9.17) is 9.47 Å². The van der Waals surface area contributed by atoms with E-state index in [0.717, 1.165) is 40.8 Å². The summed E-state index contributed by atoms with van der Waals surface area (Å²) in [5, 5.41) is 8.70. The molecule has 0 saturated carbocycles. The molecule has 1 heterocycles. The Morgan fingerprint density at radius 2 is 1.38 bits per heavy atom. The molecule has 0 atom stereocenters. The number of rotatable bonds is 5. The topological polar surface area (TPSA) is 49.2 Å². The normalized spacial score (nSPS) is 10.1. The van der Waals surface area contributed by atoms with E-state index in [1.54, 1.807) is 14.2 Å². The van der Waals surface area contributed by atoms with Crippen LogP contribution in [0.15, 0.2) is 48.5 Å². The van der Waals surface area contributed by atoms with Crippen molar-refractivity contribution >= 4 is 12.4 Å². The fourth-order valence-corrected chi connectivity index (χ4v) is 2.48. The maximum Gasteiger partial charge on any atom is 0.168 e. The first kappa shape index (κ1) is 17.8. The van der Waals surface area contributed by atoms with Crippen LogP contribution in [0.4, 0.5) is 0 Å². The smallest absolute Gasteiger partial charge is 0.168 e. The van der Waals surface area contributed by atoms with Crippen LogP contribution >= 0.6 is 12.4 Å². The second-order valence-electron chi connectivity index (χ2n) is 5.06. The van der Waals surface area contributed by atoms with Crippen molar-refractivity contribution in [3.05, 3.63) is 54.4 Å². The first-order valence-corrected chi connectivity index (χ1v) is 7.50. The number of aryl methyl sites for hydroxylation is 1.